The topological polar surface area (TPSA) is 80.3 Å². The molecule has 0 bridgehead atoms. The number of rotatable bonds is 4. The molecule has 1 fully saturated rings. The van der Waals surface area contributed by atoms with Crippen molar-refractivity contribution in [3.63, 3.8) is 0 Å². The fourth-order valence-electron chi connectivity index (χ4n) is 1.90. The average molecular weight is 336 g/mol. The number of hydrogen-bond donors (Lipinski definition) is 1. The molecule has 1 heterocycles. The quantitative estimate of drug-likeness (QED) is 0.902. The van der Waals surface area contributed by atoms with E-state index in [1.807, 2.05) is 0 Å². The Morgan fingerprint density at radius 3 is 2.45 bits per heavy atom. The van der Waals surface area contributed by atoms with Crippen LogP contribution in [-0.2, 0) is 19.9 Å². The second-order valence-electron chi connectivity index (χ2n) is 4.62. The van der Waals surface area contributed by atoms with Crippen LogP contribution in [-0.4, -0.2) is 34.4 Å². The van der Waals surface area contributed by atoms with Crippen LogP contribution in [0, 0.1) is 0 Å². The highest BCUT2D eigenvalue weighted by atomic mass is 35.5. The van der Waals surface area contributed by atoms with Gasteiger partial charge in [-0.25, -0.2) is 21.6 Å². The molecule has 0 spiro atoms. The van der Waals surface area contributed by atoms with Crippen LogP contribution in [0.25, 0.3) is 6.08 Å². The molecule has 110 valence electrons. The van der Waals surface area contributed by atoms with Crippen molar-refractivity contribution in [2.75, 3.05) is 11.5 Å². The van der Waals surface area contributed by atoms with Crippen LogP contribution >= 0.6 is 11.6 Å². The fraction of sp³-hybridized carbons (Fsp3) is 0.333. The third-order valence-corrected chi connectivity index (χ3v) is 6.05. The summed E-state index contributed by atoms with van der Waals surface area (Å²) in [4.78, 5) is 0. The standard InChI is InChI=1S/C12H14ClNO4S2/c13-11-3-1-10(2-4-11)5-8-20(17,18)14-12-6-7-19(15,16)9-12/h1-5,8,12,14H,6-7,9H2/b8-5+/t12-/m1/s1. The minimum absolute atomic E-state index is 0.0289. The zero-order valence-corrected chi connectivity index (χ0v) is 12.9. The molecule has 1 aromatic rings. The van der Waals surface area contributed by atoms with Gasteiger partial charge in [-0.2, -0.15) is 0 Å². The van der Waals surface area contributed by atoms with Gasteiger partial charge >= 0.3 is 0 Å². The summed E-state index contributed by atoms with van der Waals surface area (Å²) in [7, 11) is -6.76. The average Bonchev–Trinajstić information content (AvgIpc) is 2.67. The molecule has 0 amide bonds. The molecular formula is C12H14ClNO4S2. The van der Waals surface area contributed by atoms with Crippen LogP contribution in [0.4, 0.5) is 0 Å². The first-order valence-corrected chi connectivity index (χ1v) is 9.67. The van der Waals surface area contributed by atoms with E-state index in [9.17, 15) is 16.8 Å². The van der Waals surface area contributed by atoms with E-state index in [2.05, 4.69) is 4.72 Å². The summed E-state index contributed by atoms with van der Waals surface area (Å²) >= 11 is 5.73. The molecule has 20 heavy (non-hydrogen) atoms. The first-order chi connectivity index (χ1) is 9.26. The highest BCUT2D eigenvalue weighted by molar-refractivity contribution is 7.93. The van der Waals surface area contributed by atoms with Crippen molar-refractivity contribution in [1.82, 2.24) is 4.72 Å². The summed E-state index contributed by atoms with van der Waals surface area (Å²) < 4.78 is 48.6. The largest absolute Gasteiger partial charge is 0.234 e. The molecule has 0 aromatic heterocycles. The highest BCUT2D eigenvalue weighted by Crippen LogP contribution is 2.14. The molecule has 1 saturated heterocycles. The maximum atomic E-state index is 11.8. The van der Waals surface area contributed by atoms with E-state index in [-0.39, 0.29) is 11.5 Å². The van der Waals surface area contributed by atoms with E-state index in [0.717, 1.165) is 5.41 Å². The first kappa shape index (κ1) is 15.5. The highest BCUT2D eigenvalue weighted by Gasteiger charge is 2.30. The lowest BCUT2D eigenvalue weighted by Crippen LogP contribution is -2.34. The predicted molar refractivity (Wildman–Crippen MR) is 79.6 cm³/mol. The Morgan fingerprint density at radius 1 is 1.25 bits per heavy atom. The number of nitrogens with one attached hydrogen (secondary N) is 1. The van der Waals surface area contributed by atoms with Gasteiger partial charge in [-0.05, 0) is 30.2 Å². The number of hydrogen-bond acceptors (Lipinski definition) is 4. The summed E-state index contributed by atoms with van der Waals surface area (Å²) in [5.74, 6) is -0.109. The molecule has 0 saturated carbocycles. The lowest BCUT2D eigenvalue weighted by molar-refractivity contribution is 0.571. The Hall–Kier alpha value is -0.890. The minimum Gasteiger partial charge on any atom is -0.229 e. The van der Waals surface area contributed by atoms with E-state index < -0.39 is 25.9 Å². The summed E-state index contributed by atoms with van der Waals surface area (Å²) in [5, 5.41) is 1.60. The van der Waals surface area contributed by atoms with Gasteiger partial charge < -0.3 is 0 Å². The molecule has 1 aliphatic rings. The molecule has 2 rings (SSSR count). The van der Waals surface area contributed by atoms with Gasteiger partial charge in [-0.15, -0.1) is 0 Å². The van der Waals surface area contributed by atoms with Gasteiger partial charge in [0.15, 0.2) is 9.84 Å². The van der Waals surface area contributed by atoms with E-state index in [0.29, 0.717) is 17.0 Å². The summed E-state index contributed by atoms with van der Waals surface area (Å²) in [5.41, 5.74) is 0.693. The van der Waals surface area contributed by atoms with E-state index in [1.165, 1.54) is 6.08 Å². The first-order valence-electron chi connectivity index (χ1n) is 5.92. The molecule has 1 aliphatic heterocycles. The maximum absolute atomic E-state index is 11.8. The monoisotopic (exact) mass is 335 g/mol. The van der Waals surface area contributed by atoms with Crippen molar-refractivity contribution in [3.05, 3.63) is 40.3 Å². The third kappa shape index (κ3) is 4.59. The second-order valence-corrected chi connectivity index (χ2v) is 8.88. The molecule has 5 nitrogen and oxygen atoms in total. The number of benzene rings is 1. The van der Waals surface area contributed by atoms with Crippen molar-refractivity contribution >= 4 is 37.5 Å². The number of sulfone groups is 1. The van der Waals surface area contributed by atoms with E-state index >= 15 is 0 Å². The Labute approximate surface area is 123 Å². The molecule has 8 heteroatoms. The normalized spacial score (nSPS) is 22.4. The zero-order valence-electron chi connectivity index (χ0n) is 10.5. The lowest BCUT2D eigenvalue weighted by atomic mass is 10.2. The van der Waals surface area contributed by atoms with Gasteiger partial charge in [0.1, 0.15) is 0 Å². The second kappa shape index (κ2) is 5.85. The van der Waals surface area contributed by atoms with Gasteiger partial charge in [0, 0.05) is 16.5 Å². The van der Waals surface area contributed by atoms with Crippen molar-refractivity contribution in [2.45, 2.75) is 12.5 Å². The Morgan fingerprint density at radius 2 is 1.90 bits per heavy atom. The molecule has 0 radical (unpaired) electrons. The maximum Gasteiger partial charge on any atom is 0.234 e. The van der Waals surface area contributed by atoms with E-state index in [4.69, 9.17) is 11.6 Å². The number of halogens is 1. The summed E-state index contributed by atoms with van der Waals surface area (Å²) in [6.45, 7) is 0. The third-order valence-electron chi connectivity index (χ3n) is 2.87. The summed E-state index contributed by atoms with van der Waals surface area (Å²) in [6.07, 6.45) is 1.75. The Bertz CT molecular complexity index is 708. The van der Waals surface area contributed by atoms with Gasteiger partial charge in [0.25, 0.3) is 0 Å². The molecular weight excluding hydrogens is 322 g/mol. The smallest absolute Gasteiger partial charge is 0.229 e. The predicted octanol–water partition coefficient (Wildman–Crippen LogP) is 1.42. The SMILES string of the molecule is O=S1(=O)CC[C@@H](NS(=O)(=O)/C=C/c2ccc(Cl)cc2)C1. The minimum atomic E-state index is -3.65. The van der Waals surface area contributed by atoms with E-state index in [1.54, 1.807) is 24.3 Å². The van der Waals surface area contributed by atoms with Crippen LogP contribution in [0.15, 0.2) is 29.7 Å². The molecule has 1 atom stereocenters. The molecule has 1 aromatic carbocycles. The van der Waals surface area contributed by atoms with Gasteiger partial charge in [-0.3, -0.25) is 0 Å². The van der Waals surface area contributed by atoms with Crippen molar-refractivity contribution in [2.24, 2.45) is 0 Å². The van der Waals surface area contributed by atoms with Crippen LogP contribution < -0.4 is 4.72 Å². The summed E-state index contributed by atoms with van der Waals surface area (Å²) in [6, 6.07) is 6.15. The Kier molecular flexibility index (Phi) is 4.53. The van der Waals surface area contributed by atoms with Crippen LogP contribution in [0.1, 0.15) is 12.0 Å². The lowest BCUT2D eigenvalue weighted by Gasteiger charge is -2.08. The van der Waals surface area contributed by atoms with Crippen LogP contribution in [0.3, 0.4) is 0 Å². The molecule has 0 unspecified atom stereocenters. The van der Waals surface area contributed by atoms with Gasteiger partial charge in [0.2, 0.25) is 10.0 Å². The zero-order chi connectivity index (χ0) is 14.8. The van der Waals surface area contributed by atoms with Gasteiger partial charge in [0.05, 0.1) is 11.5 Å². The van der Waals surface area contributed by atoms with Crippen molar-refractivity contribution < 1.29 is 16.8 Å². The van der Waals surface area contributed by atoms with Crippen molar-refractivity contribution in [1.29, 1.82) is 0 Å². The molecule has 1 N–H and O–H groups in total. The number of sulfonamides is 1. The fourth-order valence-corrected chi connectivity index (χ4v) is 4.89. The van der Waals surface area contributed by atoms with Crippen molar-refractivity contribution in [3.8, 4) is 0 Å². The van der Waals surface area contributed by atoms with Crippen LogP contribution in [0.2, 0.25) is 5.02 Å². The molecule has 0 aliphatic carbocycles. The van der Waals surface area contributed by atoms with Gasteiger partial charge in [-0.1, -0.05) is 23.7 Å². The van der Waals surface area contributed by atoms with Crippen LogP contribution in [0.5, 0.6) is 0 Å². The Balaban J connectivity index is 2.02.